The minimum Gasteiger partial charge on any atom is -0.496 e. The molecule has 0 bridgehead atoms. The summed E-state index contributed by atoms with van der Waals surface area (Å²) in [4.78, 5) is 6.29. The van der Waals surface area contributed by atoms with Crippen molar-refractivity contribution < 1.29 is 14.2 Å². The molecule has 0 N–H and O–H groups in total. The lowest BCUT2D eigenvalue weighted by Crippen LogP contribution is -2.25. The van der Waals surface area contributed by atoms with E-state index in [1.807, 2.05) is 11.3 Å². The molecular formula is C35H42N2O3S. The molecule has 5 nitrogen and oxygen atoms in total. The second-order valence-corrected chi connectivity index (χ2v) is 12.5. The first kappa shape index (κ1) is 28.1. The molecular weight excluding hydrogens is 528 g/mol. The topological polar surface area (TPSA) is 34.2 Å². The van der Waals surface area contributed by atoms with E-state index in [1.54, 1.807) is 14.2 Å². The van der Waals surface area contributed by atoms with Crippen LogP contribution in [0.2, 0.25) is 0 Å². The molecule has 2 aliphatic rings. The molecule has 0 radical (unpaired) electrons. The molecule has 3 aromatic carbocycles. The maximum Gasteiger partial charge on any atom is 0.127 e. The van der Waals surface area contributed by atoms with Gasteiger partial charge in [0.2, 0.25) is 0 Å². The second-order valence-electron chi connectivity index (χ2n) is 11.5. The number of hydrogen-bond acceptors (Lipinski definition) is 6. The zero-order chi connectivity index (χ0) is 28.2. The van der Waals surface area contributed by atoms with Gasteiger partial charge in [-0.05, 0) is 135 Å². The molecule has 1 aromatic heterocycles. The van der Waals surface area contributed by atoms with E-state index >= 15 is 0 Å². The summed E-state index contributed by atoms with van der Waals surface area (Å²) in [7, 11) is 3.55. The van der Waals surface area contributed by atoms with Gasteiger partial charge in [0.05, 0.1) is 19.8 Å². The first-order valence-electron chi connectivity index (χ1n) is 15.0. The van der Waals surface area contributed by atoms with Crippen LogP contribution in [0.5, 0.6) is 17.2 Å². The molecule has 0 atom stereocenters. The van der Waals surface area contributed by atoms with E-state index in [4.69, 9.17) is 14.2 Å². The second kappa shape index (κ2) is 12.8. The largest absolute Gasteiger partial charge is 0.496 e. The van der Waals surface area contributed by atoms with Crippen LogP contribution in [0.1, 0.15) is 47.9 Å². The first-order chi connectivity index (χ1) is 20.1. The van der Waals surface area contributed by atoms with Gasteiger partial charge in [-0.15, -0.1) is 11.3 Å². The summed E-state index contributed by atoms with van der Waals surface area (Å²) in [6.45, 7) is 9.47. The van der Waals surface area contributed by atoms with Gasteiger partial charge < -0.3 is 14.2 Å². The van der Waals surface area contributed by atoms with Gasteiger partial charge >= 0.3 is 0 Å². The molecule has 216 valence electrons. The Hall–Kier alpha value is -3.06. The lowest BCUT2D eigenvalue weighted by molar-refractivity contribution is 0.238. The average molecular weight is 571 g/mol. The fraction of sp³-hybridized carbons (Fsp3) is 0.429. The van der Waals surface area contributed by atoms with Crippen LogP contribution in [0.3, 0.4) is 0 Å². The Kier molecular flexibility index (Phi) is 8.80. The van der Waals surface area contributed by atoms with E-state index in [1.165, 1.54) is 76.0 Å². The summed E-state index contributed by atoms with van der Waals surface area (Å²) >= 11 is 1.88. The Balaban J connectivity index is 1.28. The van der Waals surface area contributed by atoms with Crippen LogP contribution in [-0.4, -0.2) is 63.4 Å². The van der Waals surface area contributed by atoms with E-state index < -0.39 is 0 Å². The molecule has 2 saturated heterocycles. The van der Waals surface area contributed by atoms with E-state index in [0.717, 1.165) is 62.0 Å². The van der Waals surface area contributed by atoms with Crippen LogP contribution in [-0.2, 0) is 13.0 Å². The van der Waals surface area contributed by atoms with Crippen molar-refractivity contribution in [2.24, 2.45) is 0 Å². The predicted octanol–water partition coefficient (Wildman–Crippen LogP) is 7.56. The number of aryl methyl sites for hydroxylation is 1. The minimum atomic E-state index is 0.740. The van der Waals surface area contributed by atoms with Crippen molar-refractivity contribution in [1.29, 1.82) is 0 Å². The van der Waals surface area contributed by atoms with Gasteiger partial charge in [-0.2, -0.15) is 0 Å². The number of hydrogen-bond donors (Lipinski definition) is 0. The summed E-state index contributed by atoms with van der Waals surface area (Å²) in [5.74, 6) is 2.77. The molecule has 6 heteroatoms. The molecule has 0 unspecified atom stereocenters. The summed E-state index contributed by atoms with van der Waals surface area (Å²) in [6, 6.07) is 19.9. The summed E-state index contributed by atoms with van der Waals surface area (Å²) in [5, 5.41) is 1.32. The highest BCUT2D eigenvalue weighted by Crippen LogP contribution is 2.42. The van der Waals surface area contributed by atoms with Crippen LogP contribution < -0.4 is 14.2 Å². The van der Waals surface area contributed by atoms with Crippen molar-refractivity contribution >= 4 is 21.4 Å². The lowest BCUT2D eigenvalue weighted by atomic mass is 9.97. The molecule has 0 aliphatic carbocycles. The molecule has 0 saturated carbocycles. The van der Waals surface area contributed by atoms with E-state index in [2.05, 4.69) is 71.3 Å². The molecule has 3 heterocycles. The normalized spacial score (nSPS) is 16.1. The Morgan fingerprint density at radius 1 is 0.756 bits per heavy atom. The molecule has 2 fully saturated rings. The third kappa shape index (κ3) is 6.40. The first-order valence-corrected chi connectivity index (χ1v) is 15.9. The van der Waals surface area contributed by atoms with Crippen molar-refractivity contribution in [2.75, 3.05) is 53.6 Å². The van der Waals surface area contributed by atoms with Gasteiger partial charge in [0, 0.05) is 22.7 Å². The third-order valence-corrected chi connectivity index (χ3v) is 9.81. The SMILES string of the molecule is COc1cc(Cc2c(-c3ccc(OCCN4CCCC4)cc3)sc3cc(C)ccc23)cc(OC)c1CN1CCCC1. The maximum atomic E-state index is 6.10. The zero-order valence-electron chi connectivity index (χ0n) is 24.7. The van der Waals surface area contributed by atoms with Gasteiger partial charge in [-0.25, -0.2) is 0 Å². The Morgan fingerprint density at radius 2 is 1.41 bits per heavy atom. The van der Waals surface area contributed by atoms with Gasteiger partial charge in [0.25, 0.3) is 0 Å². The quantitative estimate of drug-likeness (QED) is 0.186. The molecule has 4 aromatic rings. The van der Waals surface area contributed by atoms with Crippen molar-refractivity contribution in [3.8, 4) is 27.7 Å². The summed E-state index contributed by atoms with van der Waals surface area (Å²) in [5.41, 5.74) is 6.21. The van der Waals surface area contributed by atoms with Crippen molar-refractivity contribution in [3.63, 3.8) is 0 Å². The minimum absolute atomic E-state index is 0.740. The van der Waals surface area contributed by atoms with Gasteiger partial charge in [-0.1, -0.05) is 12.1 Å². The fourth-order valence-electron chi connectivity index (χ4n) is 6.33. The number of likely N-dealkylation sites (tertiary alicyclic amines) is 2. The van der Waals surface area contributed by atoms with Crippen LogP contribution in [0.15, 0.2) is 54.6 Å². The molecule has 6 rings (SSSR count). The highest BCUT2D eigenvalue weighted by molar-refractivity contribution is 7.22. The number of rotatable bonds is 11. The van der Waals surface area contributed by atoms with Gasteiger partial charge in [-0.3, -0.25) is 9.80 Å². The van der Waals surface area contributed by atoms with E-state index in [9.17, 15) is 0 Å². The number of benzene rings is 3. The van der Waals surface area contributed by atoms with Gasteiger partial charge in [0.1, 0.15) is 23.9 Å². The van der Waals surface area contributed by atoms with Crippen molar-refractivity contribution in [1.82, 2.24) is 9.80 Å². The number of thiophene rings is 1. The van der Waals surface area contributed by atoms with E-state index in [0.29, 0.717) is 0 Å². The maximum absolute atomic E-state index is 6.10. The predicted molar refractivity (Wildman–Crippen MR) is 170 cm³/mol. The van der Waals surface area contributed by atoms with Gasteiger partial charge in [0.15, 0.2) is 0 Å². The Bertz CT molecular complexity index is 1440. The highest BCUT2D eigenvalue weighted by Gasteiger charge is 2.21. The van der Waals surface area contributed by atoms with Crippen LogP contribution in [0, 0.1) is 6.92 Å². The summed E-state index contributed by atoms with van der Waals surface area (Å²) < 4.78 is 19.3. The number of ether oxygens (including phenoxy) is 3. The average Bonchev–Trinajstić information content (AvgIpc) is 3.76. The molecule has 2 aliphatic heterocycles. The number of methoxy groups -OCH3 is 2. The van der Waals surface area contributed by atoms with E-state index in [-0.39, 0.29) is 0 Å². The molecule has 0 spiro atoms. The Morgan fingerprint density at radius 3 is 2.07 bits per heavy atom. The lowest BCUT2D eigenvalue weighted by Gasteiger charge is -2.20. The van der Waals surface area contributed by atoms with Crippen molar-refractivity contribution in [3.05, 3.63) is 76.9 Å². The highest BCUT2D eigenvalue weighted by atomic mass is 32.1. The number of fused-ring (bicyclic) bond motifs is 1. The Labute approximate surface area is 248 Å². The monoisotopic (exact) mass is 570 g/mol. The standard InChI is InChI=1S/C35H42N2O3S/c1-25-8-13-29-30(21-26-22-32(38-2)31(33(23-26)39-3)24-37-16-6-7-17-37)35(41-34(29)20-25)27-9-11-28(12-10-27)40-19-18-36-14-4-5-15-36/h8-13,20,22-23H,4-7,14-19,21,24H2,1-3H3. The van der Waals surface area contributed by atoms with Crippen LogP contribution in [0.4, 0.5) is 0 Å². The number of nitrogens with zero attached hydrogens (tertiary/aromatic N) is 2. The van der Waals surface area contributed by atoms with Crippen molar-refractivity contribution in [2.45, 2.75) is 45.6 Å². The molecule has 41 heavy (non-hydrogen) atoms. The smallest absolute Gasteiger partial charge is 0.127 e. The zero-order valence-corrected chi connectivity index (χ0v) is 25.5. The molecule has 0 amide bonds. The van der Waals surface area contributed by atoms with Crippen LogP contribution >= 0.6 is 11.3 Å². The summed E-state index contributed by atoms with van der Waals surface area (Å²) in [6.07, 6.45) is 5.97. The third-order valence-electron chi connectivity index (χ3n) is 8.57. The fourth-order valence-corrected chi connectivity index (χ4v) is 7.66. The van der Waals surface area contributed by atoms with Crippen LogP contribution in [0.25, 0.3) is 20.5 Å².